The van der Waals surface area contributed by atoms with Crippen LogP contribution in [0.4, 0.5) is 0 Å². The van der Waals surface area contributed by atoms with Crippen molar-refractivity contribution in [2.45, 2.75) is 20.3 Å². The van der Waals surface area contributed by atoms with Crippen molar-refractivity contribution < 1.29 is 9.53 Å². The number of aryl methyl sites for hydroxylation is 2. The molecule has 2 rings (SSSR count). The van der Waals surface area contributed by atoms with Gasteiger partial charge in [-0.15, -0.1) is 0 Å². The minimum Gasteiger partial charge on any atom is -0.455 e. The summed E-state index contributed by atoms with van der Waals surface area (Å²) in [6.45, 7) is 3.99. The van der Waals surface area contributed by atoms with E-state index >= 15 is 0 Å². The SMILES string of the molecule is CCc1nc(C)ccc1Oc1cccc(C=O)c1. The first kappa shape index (κ1) is 12.3. The van der Waals surface area contributed by atoms with Crippen molar-refractivity contribution in [3.8, 4) is 11.5 Å². The Morgan fingerprint density at radius 3 is 2.83 bits per heavy atom. The summed E-state index contributed by atoms with van der Waals surface area (Å²) in [5, 5.41) is 0. The number of nitrogens with zero attached hydrogens (tertiary/aromatic N) is 1. The average Bonchev–Trinajstić information content (AvgIpc) is 2.41. The largest absolute Gasteiger partial charge is 0.455 e. The molecule has 0 bridgehead atoms. The van der Waals surface area contributed by atoms with Gasteiger partial charge in [-0.3, -0.25) is 9.78 Å². The quantitative estimate of drug-likeness (QED) is 0.768. The number of pyridine rings is 1. The fourth-order valence-electron chi connectivity index (χ4n) is 1.72. The van der Waals surface area contributed by atoms with Crippen molar-refractivity contribution in [1.29, 1.82) is 0 Å². The first-order valence-corrected chi connectivity index (χ1v) is 5.92. The summed E-state index contributed by atoms with van der Waals surface area (Å²) in [5.41, 5.74) is 2.50. The van der Waals surface area contributed by atoms with Gasteiger partial charge >= 0.3 is 0 Å². The fraction of sp³-hybridized carbons (Fsp3) is 0.200. The van der Waals surface area contributed by atoms with Crippen LogP contribution in [-0.4, -0.2) is 11.3 Å². The predicted octanol–water partition coefficient (Wildman–Crippen LogP) is 3.56. The lowest BCUT2D eigenvalue weighted by atomic mass is 10.2. The topological polar surface area (TPSA) is 39.2 Å². The highest BCUT2D eigenvalue weighted by molar-refractivity contribution is 5.75. The molecule has 0 amide bonds. The number of rotatable bonds is 4. The zero-order valence-electron chi connectivity index (χ0n) is 10.5. The first-order chi connectivity index (χ1) is 8.72. The minimum absolute atomic E-state index is 0.602. The van der Waals surface area contributed by atoms with Crippen molar-refractivity contribution in [2.75, 3.05) is 0 Å². The van der Waals surface area contributed by atoms with E-state index in [1.807, 2.05) is 32.0 Å². The number of carbonyl (C=O) groups is 1. The molecular formula is C15H15NO2. The van der Waals surface area contributed by atoms with E-state index in [0.717, 1.165) is 29.8 Å². The maximum atomic E-state index is 10.7. The zero-order chi connectivity index (χ0) is 13.0. The third-order valence-electron chi connectivity index (χ3n) is 2.63. The molecular weight excluding hydrogens is 226 g/mol. The van der Waals surface area contributed by atoms with Crippen molar-refractivity contribution in [2.24, 2.45) is 0 Å². The molecule has 3 heteroatoms. The van der Waals surface area contributed by atoms with Crippen LogP contribution in [0.2, 0.25) is 0 Å². The van der Waals surface area contributed by atoms with Gasteiger partial charge < -0.3 is 4.74 Å². The van der Waals surface area contributed by atoms with Crippen molar-refractivity contribution in [3.63, 3.8) is 0 Å². The van der Waals surface area contributed by atoms with E-state index in [2.05, 4.69) is 4.98 Å². The molecule has 1 aromatic heterocycles. The Hall–Kier alpha value is -2.16. The Morgan fingerprint density at radius 1 is 1.28 bits per heavy atom. The summed E-state index contributed by atoms with van der Waals surface area (Å²) >= 11 is 0. The fourth-order valence-corrected chi connectivity index (χ4v) is 1.72. The minimum atomic E-state index is 0.602. The van der Waals surface area contributed by atoms with Crippen LogP contribution in [0.15, 0.2) is 36.4 Å². The molecule has 0 radical (unpaired) electrons. The average molecular weight is 241 g/mol. The van der Waals surface area contributed by atoms with Gasteiger partial charge in [-0.2, -0.15) is 0 Å². The number of aldehydes is 1. The molecule has 0 fully saturated rings. The van der Waals surface area contributed by atoms with Crippen LogP contribution in [0.5, 0.6) is 11.5 Å². The Kier molecular flexibility index (Phi) is 3.72. The first-order valence-electron chi connectivity index (χ1n) is 5.92. The Labute approximate surface area is 106 Å². The van der Waals surface area contributed by atoms with Gasteiger partial charge in [-0.25, -0.2) is 0 Å². The summed E-state index contributed by atoms with van der Waals surface area (Å²) in [4.78, 5) is 15.1. The number of aromatic nitrogens is 1. The predicted molar refractivity (Wildman–Crippen MR) is 70.3 cm³/mol. The third-order valence-corrected chi connectivity index (χ3v) is 2.63. The lowest BCUT2D eigenvalue weighted by Gasteiger charge is -2.10. The van der Waals surface area contributed by atoms with Gasteiger partial charge in [0.1, 0.15) is 17.8 Å². The van der Waals surface area contributed by atoms with Crippen molar-refractivity contribution in [3.05, 3.63) is 53.3 Å². The zero-order valence-corrected chi connectivity index (χ0v) is 10.5. The van der Waals surface area contributed by atoms with Crippen LogP contribution in [-0.2, 0) is 6.42 Å². The van der Waals surface area contributed by atoms with E-state index in [-0.39, 0.29) is 0 Å². The second kappa shape index (κ2) is 5.45. The molecule has 3 nitrogen and oxygen atoms in total. The molecule has 1 aromatic carbocycles. The number of hydrogen-bond acceptors (Lipinski definition) is 3. The van der Waals surface area contributed by atoms with E-state index in [4.69, 9.17) is 4.74 Å². The smallest absolute Gasteiger partial charge is 0.150 e. The van der Waals surface area contributed by atoms with Gasteiger partial charge in [0, 0.05) is 11.3 Å². The highest BCUT2D eigenvalue weighted by atomic mass is 16.5. The van der Waals surface area contributed by atoms with Crippen LogP contribution >= 0.6 is 0 Å². The summed E-state index contributed by atoms with van der Waals surface area (Å²) in [5.74, 6) is 1.39. The maximum Gasteiger partial charge on any atom is 0.150 e. The van der Waals surface area contributed by atoms with E-state index < -0.39 is 0 Å². The molecule has 92 valence electrons. The summed E-state index contributed by atoms with van der Waals surface area (Å²) in [7, 11) is 0. The Morgan fingerprint density at radius 2 is 2.11 bits per heavy atom. The molecule has 0 aliphatic heterocycles. The molecule has 0 N–H and O–H groups in total. The van der Waals surface area contributed by atoms with E-state index in [0.29, 0.717) is 11.3 Å². The number of ether oxygens (including phenoxy) is 1. The normalized spacial score (nSPS) is 10.1. The Balaban J connectivity index is 2.30. The van der Waals surface area contributed by atoms with Crippen molar-refractivity contribution in [1.82, 2.24) is 4.98 Å². The second-order valence-electron chi connectivity index (χ2n) is 4.04. The number of hydrogen-bond donors (Lipinski definition) is 0. The van der Waals surface area contributed by atoms with Gasteiger partial charge in [0.2, 0.25) is 0 Å². The number of benzene rings is 1. The standard InChI is InChI=1S/C15H15NO2/c1-3-14-15(8-7-11(2)16-14)18-13-6-4-5-12(9-13)10-17/h4-10H,3H2,1-2H3. The third kappa shape index (κ3) is 2.74. The molecule has 0 unspecified atom stereocenters. The molecule has 0 atom stereocenters. The molecule has 0 saturated carbocycles. The van der Waals surface area contributed by atoms with Gasteiger partial charge in [-0.05, 0) is 37.6 Å². The molecule has 2 aromatic rings. The second-order valence-corrected chi connectivity index (χ2v) is 4.04. The van der Waals surface area contributed by atoms with Crippen molar-refractivity contribution >= 4 is 6.29 Å². The van der Waals surface area contributed by atoms with Gasteiger partial charge in [0.25, 0.3) is 0 Å². The summed E-state index contributed by atoms with van der Waals surface area (Å²) < 4.78 is 5.78. The van der Waals surface area contributed by atoms with Crippen LogP contribution in [0.3, 0.4) is 0 Å². The monoisotopic (exact) mass is 241 g/mol. The lowest BCUT2D eigenvalue weighted by molar-refractivity contribution is 0.112. The van der Waals surface area contributed by atoms with E-state index in [1.54, 1.807) is 18.2 Å². The molecule has 0 aliphatic carbocycles. The van der Waals surface area contributed by atoms with Gasteiger partial charge in [0.15, 0.2) is 0 Å². The summed E-state index contributed by atoms with van der Waals surface area (Å²) in [6.07, 6.45) is 1.62. The molecule has 0 saturated heterocycles. The van der Waals surface area contributed by atoms with Gasteiger partial charge in [-0.1, -0.05) is 19.1 Å². The maximum absolute atomic E-state index is 10.7. The number of carbonyl (C=O) groups excluding carboxylic acids is 1. The van der Waals surface area contributed by atoms with Crippen LogP contribution < -0.4 is 4.74 Å². The summed E-state index contributed by atoms with van der Waals surface area (Å²) in [6, 6.07) is 10.9. The lowest BCUT2D eigenvalue weighted by Crippen LogP contribution is -1.96. The molecule has 0 aliphatic rings. The van der Waals surface area contributed by atoms with Crippen LogP contribution in [0.25, 0.3) is 0 Å². The van der Waals surface area contributed by atoms with E-state index in [9.17, 15) is 4.79 Å². The Bertz CT molecular complexity index is 564. The highest BCUT2D eigenvalue weighted by Gasteiger charge is 2.05. The highest BCUT2D eigenvalue weighted by Crippen LogP contribution is 2.25. The van der Waals surface area contributed by atoms with Gasteiger partial charge in [0.05, 0.1) is 5.69 Å². The van der Waals surface area contributed by atoms with Crippen LogP contribution in [0.1, 0.15) is 28.7 Å². The van der Waals surface area contributed by atoms with Crippen LogP contribution in [0, 0.1) is 6.92 Å². The molecule has 0 spiro atoms. The molecule has 18 heavy (non-hydrogen) atoms. The molecule has 1 heterocycles. The van der Waals surface area contributed by atoms with E-state index in [1.165, 1.54) is 0 Å².